The predicted octanol–water partition coefficient (Wildman–Crippen LogP) is 3.08. The van der Waals surface area contributed by atoms with Crippen molar-refractivity contribution >= 4 is 23.2 Å². The Morgan fingerprint density at radius 3 is 2.42 bits per heavy atom. The molecule has 2 unspecified atom stereocenters. The van der Waals surface area contributed by atoms with E-state index < -0.39 is 28.5 Å². The first kappa shape index (κ1) is 17.5. The fraction of sp³-hybridized carbons (Fsp3) is 0.211. The Balaban J connectivity index is 2.02. The minimum Gasteiger partial charge on any atom is -0.425 e. The highest BCUT2D eigenvalue weighted by atomic mass is 16.6. The van der Waals surface area contributed by atoms with Gasteiger partial charge in [0, 0.05) is 24.5 Å². The quantitative estimate of drug-likeness (QED) is 0.269. The maximum atomic E-state index is 12.9. The number of fused-ring (bicyclic) bond motifs is 1. The number of nitro groups is 1. The predicted molar refractivity (Wildman–Crippen MR) is 91.0 cm³/mol. The Labute approximate surface area is 148 Å². The number of carbonyl (C=O) groups excluding carboxylic acids is 3. The molecular formula is C19H15NO6. The first-order valence-electron chi connectivity index (χ1n) is 7.97. The van der Waals surface area contributed by atoms with Gasteiger partial charge in [0.2, 0.25) is 0 Å². The Morgan fingerprint density at radius 2 is 1.81 bits per heavy atom. The van der Waals surface area contributed by atoms with Gasteiger partial charge >= 0.3 is 5.97 Å². The molecule has 0 radical (unpaired) electrons. The van der Waals surface area contributed by atoms with Crippen molar-refractivity contribution in [1.29, 1.82) is 0 Å². The second-order valence-corrected chi connectivity index (χ2v) is 6.12. The number of carbonyl (C=O) groups is 3. The lowest BCUT2D eigenvalue weighted by Crippen LogP contribution is -2.38. The number of nitro benzene ring substituents is 1. The second-order valence-electron chi connectivity index (χ2n) is 6.12. The molecule has 2 atom stereocenters. The van der Waals surface area contributed by atoms with Gasteiger partial charge in [-0.25, -0.2) is 0 Å². The zero-order valence-electron chi connectivity index (χ0n) is 13.9. The number of ketones is 2. The highest BCUT2D eigenvalue weighted by Gasteiger charge is 2.42. The van der Waals surface area contributed by atoms with Gasteiger partial charge in [-0.15, -0.1) is 0 Å². The number of esters is 1. The van der Waals surface area contributed by atoms with Gasteiger partial charge in [-0.05, 0) is 24.6 Å². The van der Waals surface area contributed by atoms with Crippen LogP contribution in [-0.4, -0.2) is 22.5 Å². The monoisotopic (exact) mass is 353 g/mol. The van der Waals surface area contributed by atoms with E-state index in [2.05, 4.69) is 0 Å². The number of ether oxygens (including phenoxy) is 1. The third kappa shape index (κ3) is 3.23. The molecule has 1 heterocycles. The Hall–Kier alpha value is -3.35. The molecule has 0 spiro atoms. The van der Waals surface area contributed by atoms with Crippen molar-refractivity contribution in [3.8, 4) is 5.75 Å². The lowest BCUT2D eigenvalue weighted by atomic mass is 9.77. The molecule has 3 rings (SSSR count). The fourth-order valence-electron chi connectivity index (χ4n) is 3.13. The normalized spacial score (nSPS) is 17.2. The third-order valence-electron chi connectivity index (χ3n) is 4.34. The summed E-state index contributed by atoms with van der Waals surface area (Å²) in [6.45, 7) is 1.37. The second kappa shape index (κ2) is 6.87. The standard InChI is InChI=1S/C19H15NO6/c1-11(21)10-15(12-6-8-13(9-7-12)20(24)25)17-18(22)14-4-2-3-5-16(14)26-19(17)23/h2-9,15,17H,10H2,1H3. The summed E-state index contributed by atoms with van der Waals surface area (Å²) in [6.07, 6.45) is -0.0501. The number of para-hydroxylation sites is 1. The maximum absolute atomic E-state index is 12.9. The van der Waals surface area contributed by atoms with Crippen molar-refractivity contribution in [2.24, 2.45) is 5.92 Å². The van der Waals surface area contributed by atoms with E-state index in [1.54, 1.807) is 18.2 Å². The van der Waals surface area contributed by atoms with Crippen LogP contribution < -0.4 is 4.74 Å². The van der Waals surface area contributed by atoms with E-state index in [1.807, 2.05) is 0 Å². The maximum Gasteiger partial charge on any atom is 0.322 e. The summed E-state index contributed by atoms with van der Waals surface area (Å²) in [5.74, 6) is -3.06. The number of non-ortho nitro benzene ring substituents is 1. The highest BCUT2D eigenvalue weighted by Crippen LogP contribution is 2.38. The average Bonchev–Trinajstić information content (AvgIpc) is 2.60. The van der Waals surface area contributed by atoms with Gasteiger partial charge in [-0.1, -0.05) is 24.3 Å². The number of hydrogen-bond donors (Lipinski definition) is 0. The molecule has 0 aliphatic carbocycles. The van der Waals surface area contributed by atoms with Crippen molar-refractivity contribution in [1.82, 2.24) is 0 Å². The summed E-state index contributed by atoms with van der Waals surface area (Å²) in [5.41, 5.74) is 0.672. The van der Waals surface area contributed by atoms with E-state index in [1.165, 1.54) is 37.3 Å². The van der Waals surface area contributed by atoms with Crippen LogP contribution in [0.1, 0.15) is 35.2 Å². The van der Waals surface area contributed by atoms with Crippen LogP contribution in [0.3, 0.4) is 0 Å². The summed E-state index contributed by atoms with van der Waals surface area (Å²) in [7, 11) is 0. The van der Waals surface area contributed by atoms with Crippen molar-refractivity contribution in [3.05, 3.63) is 69.8 Å². The Kier molecular flexibility index (Phi) is 4.62. The van der Waals surface area contributed by atoms with Gasteiger partial charge < -0.3 is 9.53 Å². The molecule has 0 bridgehead atoms. The zero-order chi connectivity index (χ0) is 18.8. The molecule has 0 fully saturated rings. The van der Waals surface area contributed by atoms with E-state index in [9.17, 15) is 24.5 Å². The lowest BCUT2D eigenvalue weighted by molar-refractivity contribution is -0.384. The van der Waals surface area contributed by atoms with E-state index >= 15 is 0 Å². The van der Waals surface area contributed by atoms with Crippen LogP contribution in [0.15, 0.2) is 48.5 Å². The first-order valence-corrected chi connectivity index (χ1v) is 7.97. The van der Waals surface area contributed by atoms with Crippen LogP contribution in [0.2, 0.25) is 0 Å². The van der Waals surface area contributed by atoms with Crippen molar-refractivity contribution in [2.75, 3.05) is 0 Å². The molecule has 1 aliphatic rings. The summed E-state index contributed by atoms with van der Waals surface area (Å²) >= 11 is 0. The molecule has 0 aromatic heterocycles. The van der Waals surface area contributed by atoms with Gasteiger partial charge in [-0.2, -0.15) is 0 Å². The third-order valence-corrected chi connectivity index (χ3v) is 4.34. The van der Waals surface area contributed by atoms with Crippen LogP contribution in [0.25, 0.3) is 0 Å². The van der Waals surface area contributed by atoms with Crippen LogP contribution in [0.4, 0.5) is 5.69 Å². The van der Waals surface area contributed by atoms with E-state index in [4.69, 9.17) is 4.74 Å². The largest absolute Gasteiger partial charge is 0.425 e. The SMILES string of the molecule is CC(=O)CC(c1ccc([N+](=O)[O-])cc1)C1C(=O)Oc2ccccc2C1=O. The van der Waals surface area contributed by atoms with E-state index in [0.717, 1.165) is 0 Å². The number of hydrogen-bond acceptors (Lipinski definition) is 6. The van der Waals surface area contributed by atoms with Gasteiger partial charge in [0.25, 0.3) is 5.69 Å². The number of rotatable bonds is 5. The molecular weight excluding hydrogens is 338 g/mol. The van der Waals surface area contributed by atoms with Crippen molar-refractivity contribution in [2.45, 2.75) is 19.3 Å². The number of Topliss-reactive ketones (excluding diaryl/α,β-unsaturated/α-hetero) is 2. The smallest absolute Gasteiger partial charge is 0.322 e. The molecule has 0 saturated carbocycles. The highest BCUT2D eigenvalue weighted by molar-refractivity contribution is 6.14. The van der Waals surface area contributed by atoms with E-state index in [-0.39, 0.29) is 29.2 Å². The fourth-order valence-corrected chi connectivity index (χ4v) is 3.13. The zero-order valence-corrected chi connectivity index (χ0v) is 13.9. The summed E-state index contributed by atoms with van der Waals surface area (Å²) in [5, 5.41) is 10.8. The van der Waals surface area contributed by atoms with Crippen LogP contribution in [0, 0.1) is 16.0 Å². The molecule has 26 heavy (non-hydrogen) atoms. The molecule has 2 aromatic rings. The molecule has 2 aromatic carbocycles. The number of nitrogens with zero attached hydrogens (tertiary/aromatic N) is 1. The molecule has 7 nitrogen and oxygen atoms in total. The molecule has 0 N–H and O–H groups in total. The average molecular weight is 353 g/mol. The molecule has 7 heteroatoms. The van der Waals surface area contributed by atoms with Crippen molar-refractivity contribution in [3.63, 3.8) is 0 Å². The first-order chi connectivity index (χ1) is 12.4. The van der Waals surface area contributed by atoms with Gasteiger partial charge in [0.1, 0.15) is 17.5 Å². The van der Waals surface area contributed by atoms with Gasteiger partial charge in [-0.3, -0.25) is 19.7 Å². The van der Waals surface area contributed by atoms with Crippen LogP contribution in [0.5, 0.6) is 5.75 Å². The topological polar surface area (TPSA) is 104 Å². The Morgan fingerprint density at radius 1 is 1.15 bits per heavy atom. The van der Waals surface area contributed by atoms with Crippen LogP contribution in [-0.2, 0) is 9.59 Å². The minimum atomic E-state index is -1.17. The minimum absolute atomic E-state index is 0.0501. The van der Waals surface area contributed by atoms with Crippen LogP contribution >= 0.6 is 0 Å². The van der Waals surface area contributed by atoms with Gasteiger partial charge in [0.15, 0.2) is 5.78 Å². The lowest BCUT2D eigenvalue weighted by Gasteiger charge is -2.28. The molecule has 0 saturated heterocycles. The number of benzene rings is 2. The van der Waals surface area contributed by atoms with Crippen molar-refractivity contribution < 1.29 is 24.0 Å². The summed E-state index contributed by atoms with van der Waals surface area (Å²) in [6, 6.07) is 11.9. The summed E-state index contributed by atoms with van der Waals surface area (Å²) < 4.78 is 5.28. The summed E-state index contributed by atoms with van der Waals surface area (Å²) in [4.78, 5) is 47.4. The molecule has 0 amide bonds. The van der Waals surface area contributed by atoms with Gasteiger partial charge in [0.05, 0.1) is 10.5 Å². The van der Waals surface area contributed by atoms with E-state index in [0.29, 0.717) is 5.56 Å². The Bertz CT molecular complexity index is 903. The molecule has 132 valence electrons. The molecule has 1 aliphatic heterocycles.